The first kappa shape index (κ1) is 23.0. The number of alkyl carbamates (subject to hydrolysis) is 1. The average molecular weight is 438 g/mol. The van der Waals surface area contributed by atoms with Crippen molar-refractivity contribution in [2.75, 3.05) is 19.8 Å². The van der Waals surface area contributed by atoms with E-state index in [0.717, 1.165) is 22.3 Å². The van der Waals surface area contributed by atoms with Crippen LogP contribution in [-0.4, -0.2) is 54.0 Å². The summed E-state index contributed by atoms with van der Waals surface area (Å²) in [6.07, 6.45) is 0.765. The molecule has 2 aromatic carbocycles. The van der Waals surface area contributed by atoms with Crippen molar-refractivity contribution in [1.82, 2.24) is 10.6 Å². The fourth-order valence-corrected chi connectivity index (χ4v) is 3.69. The van der Waals surface area contributed by atoms with Crippen LogP contribution >= 0.6 is 0 Å². The van der Waals surface area contributed by atoms with E-state index in [4.69, 9.17) is 14.9 Å². The fraction of sp³-hybridized carbons (Fsp3) is 0.292. The highest BCUT2D eigenvalue weighted by Gasteiger charge is 2.29. The number of hydrogen-bond donors (Lipinski definition) is 4. The monoisotopic (exact) mass is 438 g/mol. The summed E-state index contributed by atoms with van der Waals surface area (Å²) in [5.74, 6) is -1.85. The molecule has 1 aliphatic carbocycles. The van der Waals surface area contributed by atoms with Gasteiger partial charge in [-0.25, -0.2) is 9.59 Å². The van der Waals surface area contributed by atoms with E-state index >= 15 is 0 Å². The van der Waals surface area contributed by atoms with E-state index in [1.165, 1.54) is 13.0 Å². The molecule has 0 saturated heterocycles. The van der Waals surface area contributed by atoms with Crippen molar-refractivity contribution in [2.24, 2.45) is 0 Å². The predicted molar refractivity (Wildman–Crippen MR) is 118 cm³/mol. The van der Waals surface area contributed by atoms with Gasteiger partial charge in [-0.05, 0) is 29.2 Å². The van der Waals surface area contributed by atoms with Crippen LogP contribution in [0, 0.1) is 0 Å². The minimum atomic E-state index is -1.23. The second-order valence-corrected chi connectivity index (χ2v) is 7.47. The lowest BCUT2D eigenvalue weighted by Gasteiger charge is -2.14. The maximum Gasteiger partial charge on any atom is 0.407 e. The minimum absolute atomic E-state index is 0.0457. The van der Waals surface area contributed by atoms with Crippen molar-refractivity contribution >= 4 is 18.0 Å². The van der Waals surface area contributed by atoms with Crippen molar-refractivity contribution in [2.45, 2.75) is 25.3 Å². The molecule has 0 aliphatic heterocycles. The summed E-state index contributed by atoms with van der Waals surface area (Å²) in [6.45, 7) is 1.38. The Hall–Kier alpha value is -3.65. The highest BCUT2D eigenvalue weighted by molar-refractivity contribution is 5.95. The molecule has 4 N–H and O–H groups in total. The summed E-state index contributed by atoms with van der Waals surface area (Å²) in [7, 11) is 0. The number of amides is 2. The van der Waals surface area contributed by atoms with Gasteiger partial charge in [0.25, 0.3) is 0 Å². The standard InChI is InChI=1S/C24H26N2O6/c1-15(22(28)26-21(11-13-27)23(29)30)10-12-25-24(31)32-14-20-18-8-4-2-6-16(18)17-7-3-5-9-19(17)20/h2-10,20-21,27H,11-14H2,1H3,(H,25,31)(H,26,28)(H,29,30)/b15-10+. The van der Waals surface area contributed by atoms with Crippen molar-refractivity contribution in [3.8, 4) is 11.1 Å². The number of fused-ring (bicyclic) bond motifs is 3. The Labute approximate surface area is 185 Å². The molecule has 8 heteroatoms. The predicted octanol–water partition coefficient (Wildman–Crippen LogP) is 2.42. The number of carbonyl (C=O) groups excluding carboxylic acids is 2. The quantitative estimate of drug-likeness (QED) is 0.446. The van der Waals surface area contributed by atoms with E-state index in [9.17, 15) is 14.4 Å². The molecule has 0 heterocycles. The van der Waals surface area contributed by atoms with Gasteiger partial charge in [-0.15, -0.1) is 0 Å². The molecule has 1 unspecified atom stereocenters. The van der Waals surface area contributed by atoms with E-state index in [0.29, 0.717) is 0 Å². The first-order valence-corrected chi connectivity index (χ1v) is 10.3. The lowest BCUT2D eigenvalue weighted by Crippen LogP contribution is -2.41. The Morgan fingerprint density at radius 3 is 2.22 bits per heavy atom. The zero-order valence-electron chi connectivity index (χ0n) is 17.7. The van der Waals surface area contributed by atoms with E-state index in [1.54, 1.807) is 0 Å². The third-order valence-electron chi connectivity index (χ3n) is 5.38. The van der Waals surface area contributed by atoms with Crippen LogP contribution < -0.4 is 10.6 Å². The largest absolute Gasteiger partial charge is 0.480 e. The maximum absolute atomic E-state index is 12.2. The van der Waals surface area contributed by atoms with Crippen LogP contribution in [0.3, 0.4) is 0 Å². The lowest BCUT2D eigenvalue weighted by molar-refractivity contribution is -0.141. The van der Waals surface area contributed by atoms with Crippen LogP contribution in [0.1, 0.15) is 30.4 Å². The number of aliphatic hydroxyl groups is 1. The van der Waals surface area contributed by atoms with Gasteiger partial charge in [-0.1, -0.05) is 54.6 Å². The van der Waals surface area contributed by atoms with Gasteiger partial charge in [0.1, 0.15) is 12.6 Å². The molecule has 0 aromatic heterocycles. The third-order valence-corrected chi connectivity index (χ3v) is 5.38. The number of aliphatic hydroxyl groups excluding tert-OH is 1. The SMILES string of the molecule is C/C(=C\CNC(=O)OCC1c2ccccc2-c2ccccc21)C(=O)NC(CCO)C(=O)O. The molecule has 0 radical (unpaired) electrons. The van der Waals surface area contributed by atoms with Crippen LogP contribution in [0.15, 0.2) is 60.2 Å². The first-order valence-electron chi connectivity index (χ1n) is 10.3. The molecule has 0 saturated carbocycles. The Kier molecular flexibility index (Phi) is 7.62. The topological polar surface area (TPSA) is 125 Å². The van der Waals surface area contributed by atoms with E-state index < -0.39 is 24.0 Å². The van der Waals surface area contributed by atoms with Crippen molar-refractivity contribution in [1.29, 1.82) is 0 Å². The second-order valence-electron chi connectivity index (χ2n) is 7.47. The smallest absolute Gasteiger partial charge is 0.407 e. The molecule has 1 aliphatic rings. The van der Waals surface area contributed by atoms with Crippen LogP contribution in [0.5, 0.6) is 0 Å². The summed E-state index contributed by atoms with van der Waals surface area (Å²) in [6, 6.07) is 14.9. The molecule has 8 nitrogen and oxygen atoms in total. The summed E-state index contributed by atoms with van der Waals surface area (Å²) >= 11 is 0. The fourth-order valence-electron chi connectivity index (χ4n) is 3.69. The molecule has 2 amide bonds. The van der Waals surface area contributed by atoms with Crippen molar-refractivity contribution in [3.05, 3.63) is 71.3 Å². The summed E-state index contributed by atoms with van der Waals surface area (Å²) < 4.78 is 5.42. The first-order chi connectivity index (χ1) is 15.4. The average Bonchev–Trinajstić information content (AvgIpc) is 3.11. The molecule has 2 aromatic rings. The number of ether oxygens (including phenoxy) is 1. The molecule has 3 rings (SSSR count). The molecule has 0 bridgehead atoms. The maximum atomic E-state index is 12.2. The minimum Gasteiger partial charge on any atom is -0.480 e. The van der Waals surface area contributed by atoms with E-state index in [1.807, 2.05) is 36.4 Å². The highest BCUT2D eigenvalue weighted by atomic mass is 16.5. The van der Waals surface area contributed by atoms with Gasteiger partial charge in [0.15, 0.2) is 0 Å². The Bertz CT molecular complexity index is 987. The number of aliphatic carboxylic acids is 1. The molecule has 32 heavy (non-hydrogen) atoms. The number of carboxylic acids is 1. The van der Waals surface area contributed by atoms with Gasteiger partial charge in [0.2, 0.25) is 5.91 Å². The molecule has 1 atom stereocenters. The van der Waals surface area contributed by atoms with Gasteiger partial charge in [-0.3, -0.25) is 4.79 Å². The van der Waals surface area contributed by atoms with Gasteiger partial charge in [0.05, 0.1) is 0 Å². The second kappa shape index (κ2) is 10.6. The van der Waals surface area contributed by atoms with Crippen LogP contribution in [0.25, 0.3) is 11.1 Å². The summed E-state index contributed by atoms with van der Waals surface area (Å²) in [5, 5.41) is 22.8. The number of rotatable bonds is 9. The number of nitrogens with one attached hydrogen (secondary N) is 2. The summed E-state index contributed by atoms with van der Waals surface area (Å²) in [4.78, 5) is 35.3. The molecule has 0 fully saturated rings. The number of hydrogen-bond acceptors (Lipinski definition) is 5. The van der Waals surface area contributed by atoms with Gasteiger partial charge in [-0.2, -0.15) is 0 Å². The molecule has 168 valence electrons. The molecule has 0 spiro atoms. The zero-order valence-corrected chi connectivity index (χ0v) is 17.7. The van der Waals surface area contributed by atoms with Gasteiger partial charge in [0, 0.05) is 31.1 Å². The third kappa shape index (κ3) is 5.33. The van der Waals surface area contributed by atoms with Crippen LogP contribution in [-0.2, 0) is 14.3 Å². The number of benzene rings is 2. The van der Waals surface area contributed by atoms with Crippen molar-refractivity contribution < 1.29 is 29.3 Å². The molecular weight excluding hydrogens is 412 g/mol. The van der Waals surface area contributed by atoms with E-state index in [2.05, 4.69) is 22.8 Å². The van der Waals surface area contributed by atoms with Crippen LogP contribution in [0.2, 0.25) is 0 Å². The highest BCUT2D eigenvalue weighted by Crippen LogP contribution is 2.44. The summed E-state index contributed by atoms with van der Waals surface area (Å²) in [5.41, 5.74) is 4.76. The zero-order chi connectivity index (χ0) is 23.1. The van der Waals surface area contributed by atoms with Crippen molar-refractivity contribution in [3.63, 3.8) is 0 Å². The van der Waals surface area contributed by atoms with Gasteiger partial charge >= 0.3 is 12.1 Å². The Morgan fingerprint density at radius 2 is 1.66 bits per heavy atom. The Morgan fingerprint density at radius 1 is 1.06 bits per heavy atom. The normalized spacial score (nSPS) is 13.6. The number of carbonyl (C=O) groups is 3. The van der Waals surface area contributed by atoms with E-state index in [-0.39, 0.29) is 37.7 Å². The molecular formula is C24H26N2O6. The van der Waals surface area contributed by atoms with Gasteiger partial charge < -0.3 is 25.6 Å². The van der Waals surface area contributed by atoms with Crippen LogP contribution in [0.4, 0.5) is 4.79 Å². The Balaban J connectivity index is 1.52. The number of carboxylic acid groups (broad SMARTS) is 1. The lowest BCUT2D eigenvalue weighted by atomic mass is 9.98.